The Hall–Kier alpha value is -3.45. The second kappa shape index (κ2) is 10.3. The average Bonchev–Trinajstić information content (AvgIpc) is 3.51. The molecule has 2 fully saturated rings. The Morgan fingerprint density at radius 2 is 2.03 bits per heavy atom. The SMILES string of the molecule is CCO[C@@H](C(=O)Nc1nnc(N[C@@H]2CCN(c3cccnn3)C2)s1)c1cccc(N2CC(F)(F)C2)c1. The van der Waals surface area contributed by atoms with Gasteiger partial charge in [-0.25, -0.2) is 8.78 Å². The van der Waals surface area contributed by atoms with Crippen LogP contribution in [0.2, 0.25) is 0 Å². The van der Waals surface area contributed by atoms with Crippen LogP contribution in [-0.4, -0.2) is 71.1 Å². The van der Waals surface area contributed by atoms with Gasteiger partial charge in [-0.2, -0.15) is 5.10 Å². The van der Waals surface area contributed by atoms with Crippen LogP contribution in [0.1, 0.15) is 25.0 Å². The minimum absolute atomic E-state index is 0.163. The summed E-state index contributed by atoms with van der Waals surface area (Å²) in [6, 6.07) is 10.9. The summed E-state index contributed by atoms with van der Waals surface area (Å²) in [6.07, 6.45) is 1.64. The second-order valence-corrected chi connectivity index (χ2v) is 9.68. The van der Waals surface area contributed by atoms with Gasteiger partial charge in [-0.05, 0) is 43.2 Å². The molecular formula is C23H26F2N8O2S. The van der Waals surface area contributed by atoms with Gasteiger partial charge in [-0.3, -0.25) is 10.1 Å². The number of ether oxygens (including phenoxy) is 1. The predicted octanol–water partition coefficient (Wildman–Crippen LogP) is 3.19. The van der Waals surface area contributed by atoms with Gasteiger partial charge in [0.25, 0.3) is 11.8 Å². The van der Waals surface area contributed by atoms with Crippen molar-refractivity contribution in [3.8, 4) is 0 Å². The minimum Gasteiger partial charge on any atom is -0.364 e. The molecule has 10 nitrogen and oxygen atoms in total. The maximum absolute atomic E-state index is 13.3. The summed E-state index contributed by atoms with van der Waals surface area (Å²) < 4.78 is 32.3. The standard InChI is InChI=1S/C23H26F2N8O2S/c1-2-35-19(15-5-3-6-17(11-15)33-13-23(24,25)14-33)20(34)28-22-31-30-21(36-22)27-16-8-10-32(12-16)18-7-4-9-26-29-18/h3-7,9,11,16,19H,2,8,10,12-14H2,1H3,(H,27,30)(H,28,31,34)/t16-,19-/m1/s1. The molecule has 0 unspecified atom stereocenters. The van der Waals surface area contributed by atoms with Crippen molar-refractivity contribution in [3.63, 3.8) is 0 Å². The molecule has 4 heterocycles. The topological polar surface area (TPSA) is 108 Å². The van der Waals surface area contributed by atoms with Gasteiger partial charge in [-0.1, -0.05) is 23.5 Å². The number of carbonyl (C=O) groups is 1. The molecule has 0 aliphatic carbocycles. The first kappa shape index (κ1) is 24.3. The summed E-state index contributed by atoms with van der Waals surface area (Å²) in [7, 11) is 0. The predicted molar refractivity (Wildman–Crippen MR) is 133 cm³/mol. The number of nitrogens with zero attached hydrogens (tertiary/aromatic N) is 6. The number of anilines is 4. The highest BCUT2D eigenvalue weighted by atomic mass is 32.1. The molecule has 0 saturated carbocycles. The zero-order valence-electron chi connectivity index (χ0n) is 19.6. The molecule has 2 aliphatic heterocycles. The molecule has 5 rings (SSSR count). The third-order valence-corrected chi connectivity index (χ3v) is 6.78. The molecule has 2 N–H and O–H groups in total. The van der Waals surface area contributed by atoms with E-state index in [-0.39, 0.29) is 19.1 Å². The number of hydrogen-bond acceptors (Lipinski definition) is 10. The van der Waals surface area contributed by atoms with E-state index in [0.29, 0.717) is 28.1 Å². The van der Waals surface area contributed by atoms with E-state index in [2.05, 4.69) is 35.9 Å². The normalized spacial score (nSPS) is 19.6. The second-order valence-electron chi connectivity index (χ2n) is 8.70. The first-order chi connectivity index (χ1) is 17.4. The van der Waals surface area contributed by atoms with Crippen LogP contribution in [0.4, 0.5) is 30.5 Å². The fourth-order valence-electron chi connectivity index (χ4n) is 4.30. The van der Waals surface area contributed by atoms with Gasteiger partial charge >= 0.3 is 0 Å². The van der Waals surface area contributed by atoms with Crippen molar-refractivity contribution in [1.29, 1.82) is 0 Å². The van der Waals surface area contributed by atoms with Crippen molar-refractivity contribution < 1.29 is 18.3 Å². The molecule has 36 heavy (non-hydrogen) atoms. The molecular weight excluding hydrogens is 490 g/mol. The van der Waals surface area contributed by atoms with Crippen LogP contribution in [0.15, 0.2) is 42.6 Å². The zero-order chi connectivity index (χ0) is 25.1. The van der Waals surface area contributed by atoms with E-state index in [1.54, 1.807) is 42.3 Å². The Morgan fingerprint density at radius 3 is 2.78 bits per heavy atom. The van der Waals surface area contributed by atoms with Crippen LogP contribution in [0.25, 0.3) is 0 Å². The summed E-state index contributed by atoms with van der Waals surface area (Å²) in [6.45, 7) is 3.03. The van der Waals surface area contributed by atoms with Crippen LogP contribution in [0, 0.1) is 0 Å². The van der Waals surface area contributed by atoms with Gasteiger partial charge in [0, 0.05) is 37.6 Å². The molecule has 1 aromatic carbocycles. The van der Waals surface area contributed by atoms with Crippen LogP contribution in [0.5, 0.6) is 0 Å². The van der Waals surface area contributed by atoms with E-state index >= 15 is 0 Å². The van der Waals surface area contributed by atoms with Crippen molar-refractivity contribution in [2.75, 3.05) is 53.2 Å². The number of rotatable bonds is 9. The number of benzene rings is 1. The van der Waals surface area contributed by atoms with Gasteiger partial charge < -0.3 is 19.9 Å². The molecule has 2 aliphatic rings. The lowest BCUT2D eigenvalue weighted by Gasteiger charge is -2.40. The largest absolute Gasteiger partial charge is 0.364 e. The van der Waals surface area contributed by atoms with Crippen molar-refractivity contribution in [1.82, 2.24) is 20.4 Å². The number of hydrogen-bond donors (Lipinski definition) is 2. The Morgan fingerprint density at radius 1 is 1.19 bits per heavy atom. The first-order valence-electron chi connectivity index (χ1n) is 11.7. The van der Waals surface area contributed by atoms with E-state index in [0.717, 1.165) is 25.3 Å². The van der Waals surface area contributed by atoms with Crippen molar-refractivity contribution in [2.45, 2.75) is 31.4 Å². The third kappa shape index (κ3) is 5.51. The van der Waals surface area contributed by atoms with E-state index < -0.39 is 17.9 Å². The van der Waals surface area contributed by atoms with Crippen molar-refractivity contribution >= 4 is 39.0 Å². The van der Waals surface area contributed by atoms with Gasteiger partial charge in [0.1, 0.15) is 0 Å². The van der Waals surface area contributed by atoms with Crippen LogP contribution >= 0.6 is 11.3 Å². The Labute approximate surface area is 210 Å². The number of nitrogens with one attached hydrogen (secondary N) is 2. The maximum Gasteiger partial charge on any atom is 0.282 e. The zero-order valence-corrected chi connectivity index (χ0v) is 20.4. The number of alkyl halides is 2. The molecule has 1 amide bonds. The average molecular weight is 517 g/mol. The molecule has 3 aromatic rings. The quantitative estimate of drug-likeness (QED) is 0.443. The first-order valence-corrected chi connectivity index (χ1v) is 12.5. The molecule has 2 atom stereocenters. The lowest BCUT2D eigenvalue weighted by atomic mass is 10.0. The van der Waals surface area contributed by atoms with Gasteiger partial charge in [0.05, 0.1) is 13.1 Å². The van der Waals surface area contributed by atoms with Crippen LogP contribution in [0.3, 0.4) is 0 Å². The fourth-order valence-corrected chi connectivity index (χ4v) is 5.02. The molecule has 190 valence electrons. The molecule has 2 aromatic heterocycles. The smallest absolute Gasteiger partial charge is 0.282 e. The number of aromatic nitrogens is 4. The third-order valence-electron chi connectivity index (χ3n) is 6.01. The Bertz CT molecular complexity index is 1190. The fraction of sp³-hybridized carbons (Fsp3) is 0.435. The van der Waals surface area contributed by atoms with Crippen LogP contribution < -0.4 is 20.4 Å². The Balaban J connectivity index is 1.20. The van der Waals surface area contributed by atoms with Gasteiger partial charge in [0.15, 0.2) is 11.9 Å². The highest BCUT2D eigenvalue weighted by molar-refractivity contribution is 7.19. The summed E-state index contributed by atoms with van der Waals surface area (Å²) in [4.78, 5) is 16.8. The summed E-state index contributed by atoms with van der Waals surface area (Å²) in [5.74, 6) is -2.25. The maximum atomic E-state index is 13.3. The van der Waals surface area contributed by atoms with E-state index in [1.807, 2.05) is 12.1 Å². The highest BCUT2D eigenvalue weighted by Gasteiger charge is 2.44. The summed E-state index contributed by atoms with van der Waals surface area (Å²) in [5, 5.41) is 23.4. The van der Waals surface area contributed by atoms with E-state index in [1.165, 1.54) is 11.3 Å². The number of amides is 1. The highest BCUT2D eigenvalue weighted by Crippen LogP contribution is 2.34. The minimum atomic E-state index is -2.68. The lowest BCUT2D eigenvalue weighted by Crippen LogP contribution is -2.56. The van der Waals surface area contributed by atoms with Gasteiger partial charge in [0.2, 0.25) is 10.3 Å². The summed E-state index contributed by atoms with van der Waals surface area (Å²) >= 11 is 1.24. The van der Waals surface area contributed by atoms with E-state index in [4.69, 9.17) is 4.74 Å². The Kier molecular flexibility index (Phi) is 6.92. The number of halogens is 2. The number of carbonyl (C=O) groups excluding carboxylic acids is 1. The van der Waals surface area contributed by atoms with Crippen molar-refractivity contribution in [2.24, 2.45) is 0 Å². The molecule has 0 spiro atoms. The summed E-state index contributed by atoms with van der Waals surface area (Å²) in [5.41, 5.74) is 1.21. The molecule has 0 bridgehead atoms. The van der Waals surface area contributed by atoms with Gasteiger partial charge in [-0.15, -0.1) is 15.3 Å². The monoisotopic (exact) mass is 516 g/mol. The lowest BCUT2D eigenvalue weighted by molar-refractivity contribution is -0.127. The van der Waals surface area contributed by atoms with E-state index in [9.17, 15) is 13.6 Å². The molecule has 13 heteroatoms. The van der Waals surface area contributed by atoms with Crippen molar-refractivity contribution in [3.05, 3.63) is 48.2 Å². The molecule has 2 saturated heterocycles. The van der Waals surface area contributed by atoms with Crippen LogP contribution in [-0.2, 0) is 9.53 Å². The molecule has 0 radical (unpaired) electrons.